The van der Waals surface area contributed by atoms with E-state index in [1.54, 1.807) is 0 Å². The molecule has 0 atom stereocenters. The summed E-state index contributed by atoms with van der Waals surface area (Å²) in [7, 11) is 0. The summed E-state index contributed by atoms with van der Waals surface area (Å²) in [6.07, 6.45) is 2.80. The summed E-state index contributed by atoms with van der Waals surface area (Å²) in [5, 5.41) is 0. The number of nitrogens with zero attached hydrogens (tertiary/aromatic N) is 3. The fraction of sp³-hybridized carbons (Fsp3) is 0.524. The molecule has 5 nitrogen and oxygen atoms in total. The highest BCUT2D eigenvalue weighted by Gasteiger charge is 2.23. The van der Waals surface area contributed by atoms with Gasteiger partial charge in [0.1, 0.15) is 5.76 Å². The molecular weight excluding hydrogens is 326 g/mol. The molecule has 1 amide bonds. The zero-order valence-electron chi connectivity index (χ0n) is 16.3. The zero-order chi connectivity index (χ0) is 18.7. The van der Waals surface area contributed by atoms with E-state index in [0.29, 0.717) is 6.54 Å². The number of rotatable bonds is 3. The quantitative estimate of drug-likeness (QED) is 0.844. The number of benzene rings is 1. The molecule has 1 fully saturated rings. The maximum Gasteiger partial charge on any atom is 0.253 e. The van der Waals surface area contributed by atoms with Gasteiger partial charge in [0.2, 0.25) is 5.89 Å². The van der Waals surface area contributed by atoms with Crippen LogP contribution < -0.4 is 0 Å². The summed E-state index contributed by atoms with van der Waals surface area (Å²) in [5.41, 5.74) is 1.91. The molecule has 1 saturated heterocycles. The van der Waals surface area contributed by atoms with Crippen molar-refractivity contribution in [3.05, 3.63) is 53.2 Å². The van der Waals surface area contributed by atoms with Crippen LogP contribution in [-0.2, 0) is 12.0 Å². The van der Waals surface area contributed by atoms with Gasteiger partial charge in [-0.1, -0.05) is 38.5 Å². The molecular formula is C21H29N3O2. The van der Waals surface area contributed by atoms with Crippen molar-refractivity contribution in [3.63, 3.8) is 0 Å². The van der Waals surface area contributed by atoms with E-state index in [0.717, 1.165) is 49.8 Å². The Labute approximate surface area is 156 Å². The van der Waals surface area contributed by atoms with Crippen LogP contribution in [0.15, 0.2) is 34.9 Å². The number of carbonyl (C=O) groups excluding carboxylic acids is 1. The molecule has 0 saturated carbocycles. The lowest BCUT2D eigenvalue weighted by atomic mass is 9.94. The van der Waals surface area contributed by atoms with E-state index in [1.165, 1.54) is 5.56 Å². The molecule has 0 radical (unpaired) electrons. The van der Waals surface area contributed by atoms with Crippen molar-refractivity contribution < 1.29 is 9.21 Å². The number of amides is 1. The summed E-state index contributed by atoms with van der Waals surface area (Å²) in [4.78, 5) is 21.4. The summed E-state index contributed by atoms with van der Waals surface area (Å²) in [5.74, 6) is 1.80. The van der Waals surface area contributed by atoms with Crippen LogP contribution in [0.25, 0.3) is 0 Å². The second-order valence-corrected chi connectivity index (χ2v) is 8.16. The van der Waals surface area contributed by atoms with Crippen molar-refractivity contribution in [2.24, 2.45) is 0 Å². The first-order valence-electron chi connectivity index (χ1n) is 9.36. The minimum Gasteiger partial charge on any atom is -0.444 e. The Morgan fingerprint density at radius 3 is 2.50 bits per heavy atom. The van der Waals surface area contributed by atoms with Gasteiger partial charge in [0.15, 0.2) is 0 Å². The SMILES string of the molecule is Cc1ccc(C(=O)N2CCCN(Cc3ncc(C(C)(C)C)o3)CC2)cc1. The third-order valence-corrected chi connectivity index (χ3v) is 4.83. The smallest absolute Gasteiger partial charge is 0.253 e. The molecule has 1 aliphatic rings. The molecule has 2 heterocycles. The predicted molar refractivity (Wildman–Crippen MR) is 102 cm³/mol. The summed E-state index contributed by atoms with van der Waals surface area (Å²) >= 11 is 0. The van der Waals surface area contributed by atoms with Crippen molar-refractivity contribution in [1.82, 2.24) is 14.8 Å². The van der Waals surface area contributed by atoms with Crippen LogP contribution in [-0.4, -0.2) is 46.9 Å². The Hall–Kier alpha value is -2.14. The lowest BCUT2D eigenvalue weighted by Gasteiger charge is -2.21. The minimum atomic E-state index is -0.0265. The largest absolute Gasteiger partial charge is 0.444 e. The first kappa shape index (κ1) is 18.6. The Bertz CT molecular complexity index is 743. The molecule has 0 unspecified atom stereocenters. The van der Waals surface area contributed by atoms with Gasteiger partial charge in [-0.05, 0) is 25.5 Å². The van der Waals surface area contributed by atoms with Gasteiger partial charge < -0.3 is 9.32 Å². The summed E-state index contributed by atoms with van der Waals surface area (Å²) in [6.45, 7) is 12.4. The van der Waals surface area contributed by atoms with Gasteiger partial charge in [-0.3, -0.25) is 9.69 Å². The fourth-order valence-corrected chi connectivity index (χ4v) is 3.13. The van der Waals surface area contributed by atoms with E-state index < -0.39 is 0 Å². The van der Waals surface area contributed by atoms with Gasteiger partial charge in [0.05, 0.1) is 12.7 Å². The van der Waals surface area contributed by atoms with Crippen LogP contribution in [0.1, 0.15) is 54.8 Å². The first-order chi connectivity index (χ1) is 12.3. The van der Waals surface area contributed by atoms with E-state index in [9.17, 15) is 4.79 Å². The molecule has 1 aromatic carbocycles. The van der Waals surface area contributed by atoms with E-state index in [1.807, 2.05) is 42.3 Å². The molecule has 0 N–H and O–H groups in total. The topological polar surface area (TPSA) is 49.6 Å². The number of oxazole rings is 1. The van der Waals surface area contributed by atoms with Crippen LogP contribution in [0, 0.1) is 6.92 Å². The van der Waals surface area contributed by atoms with Gasteiger partial charge in [0, 0.05) is 37.2 Å². The lowest BCUT2D eigenvalue weighted by molar-refractivity contribution is 0.0760. The minimum absolute atomic E-state index is 0.0265. The first-order valence-corrected chi connectivity index (χ1v) is 9.36. The molecule has 0 aliphatic carbocycles. The second kappa shape index (κ2) is 7.62. The van der Waals surface area contributed by atoms with Crippen molar-refractivity contribution in [3.8, 4) is 0 Å². The number of hydrogen-bond acceptors (Lipinski definition) is 4. The van der Waals surface area contributed by atoms with Crippen molar-refractivity contribution in [2.45, 2.75) is 46.1 Å². The number of carbonyl (C=O) groups is 1. The molecule has 0 bridgehead atoms. The number of aromatic nitrogens is 1. The second-order valence-electron chi connectivity index (χ2n) is 8.16. The monoisotopic (exact) mass is 355 g/mol. The summed E-state index contributed by atoms with van der Waals surface area (Å²) in [6, 6.07) is 7.82. The van der Waals surface area contributed by atoms with Crippen LogP contribution in [0.3, 0.4) is 0 Å². The molecule has 26 heavy (non-hydrogen) atoms. The molecule has 0 spiro atoms. The Morgan fingerprint density at radius 1 is 1.12 bits per heavy atom. The third kappa shape index (κ3) is 4.52. The normalized spacial score (nSPS) is 16.5. The molecule has 1 aromatic heterocycles. The lowest BCUT2D eigenvalue weighted by Crippen LogP contribution is -2.35. The van der Waals surface area contributed by atoms with Gasteiger partial charge >= 0.3 is 0 Å². The Kier molecular flexibility index (Phi) is 5.47. The molecule has 2 aromatic rings. The fourth-order valence-electron chi connectivity index (χ4n) is 3.13. The molecule has 5 heteroatoms. The van der Waals surface area contributed by atoms with Crippen LogP contribution in [0.4, 0.5) is 0 Å². The average molecular weight is 355 g/mol. The zero-order valence-corrected chi connectivity index (χ0v) is 16.3. The third-order valence-electron chi connectivity index (χ3n) is 4.83. The maximum absolute atomic E-state index is 12.7. The van der Waals surface area contributed by atoms with E-state index in [2.05, 4.69) is 30.7 Å². The van der Waals surface area contributed by atoms with Crippen LogP contribution in [0.5, 0.6) is 0 Å². The van der Waals surface area contributed by atoms with Gasteiger partial charge in [-0.25, -0.2) is 4.98 Å². The van der Waals surface area contributed by atoms with Crippen LogP contribution in [0.2, 0.25) is 0 Å². The molecule has 140 valence electrons. The Balaban J connectivity index is 1.58. The number of hydrogen-bond donors (Lipinski definition) is 0. The summed E-state index contributed by atoms with van der Waals surface area (Å²) < 4.78 is 5.91. The highest BCUT2D eigenvalue weighted by atomic mass is 16.4. The molecule has 1 aliphatic heterocycles. The average Bonchev–Trinajstić information content (AvgIpc) is 2.94. The van der Waals surface area contributed by atoms with Gasteiger partial charge in [-0.15, -0.1) is 0 Å². The Morgan fingerprint density at radius 2 is 1.85 bits per heavy atom. The van der Waals surface area contributed by atoms with Gasteiger partial charge in [0.25, 0.3) is 5.91 Å². The number of aryl methyl sites for hydroxylation is 1. The van der Waals surface area contributed by atoms with Crippen molar-refractivity contribution >= 4 is 5.91 Å². The molecule has 3 rings (SSSR count). The van der Waals surface area contributed by atoms with E-state index >= 15 is 0 Å². The van der Waals surface area contributed by atoms with Crippen molar-refractivity contribution in [1.29, 1.82) is 0 Å². The van der Waals surface area contributed by atoms with Gasteiger partial charge in [-0.2, -0.15) is 0 Å². The maximum atomic E-state index is 12.7. The standard InChI is InChI=1S/C21H29N3O2/c1-16-6-8-17(9-7-16)20(25)24-11-5-10-23(12-13-24)15-19-22-14-18(26-19)21(2,3)4/h6-9,14H,5,10-13,15H2,1-4H3. The van der Waals surface area contributed by atoms with Crippen LogP contribution >= 0.6 is 0 Å². The van der Waals surface area contributed by atoms with E-state index in [4.69, 9.17) is 4.42 Å². The highest BCUT2D eigenvalue weighted by Crippen LogP contribution is 2.23. The predicted octanol–water partition coefficient (Wildman–Crippen LogP) is 3.63. The van der Waals surface area contributed by atoms with Crippen molar-refractivity contribution in [2.75, 3.05) is 26.2 Å². The van der Waals surface area contributed by atoms with E-state index in [-0.39, 0.29) is 11.3 Å². The highest BCUT2D eigenvalue weighted by molar-refractivity contribution is 5.94.